The Labute approximate surface area is 119 Å². The monoisotopic (exact) mass is 269 g/mol. The maximum atomic E-state index is 12.2. The maximum Gasteiger partial charge on any atom is 0.164 e. The van der Waals surface area contributed by atoms with Crippen LogP contribution in [0.2, 0.25) is 0 Å². The molecule has 0 saturated carbocycles. The molecule has 1 atom stereocenters. The van der Waals surface area contributed by atoms with Gasteiger partial charge in [0.1, 0.15) is 5.75 Å². The van der Waals surface area contributed by atoms with E-state index >= 15 is 0 Å². The van der Waals surface area contributed by atoms with Crippen LogP contribution < -0.4 is 4.74 Å². The summed E-state index contributed by atoms with van der Waals surface area (Å²) in [5, 5.41) is 0. The van der Waals surface area contributed by atoms with Crippen LogP contribution in [0, 0.1) is 12.8 Å². The highest BCUT2D eigenvalue weighted by Gasteiger charge is 2.27. The summed E-state index contributed by atoms with van der Waals surface area (Å²) in [6, 6.07) is 10.0. The average molecular weight is 269 g/mol. The lowest BCUT2D eigenvalue weighted by molar-refractivity contribution is 0.0952. The third-order valence-electron chi connectivity index (χ3n) is 3.99. The van der Waals surface area contributed by atoms with Crippen LogP contribution in [0.25, 0.3) is 5.69 Å². The summed E-state index contributed by atoms with van der Waals surface area (Å²) in [7, 11) is 1.66. The predicted molar refractivity (Wildman–Crippen MR) is 78.9 cm³/mol. The molecule has 0 aliphatic heterocycles. The first-order chi connectivity index (χ1) is 9.60. The fourth-order valence-electron chi connectivity index (χ4n) is 3.05. The fourth-order valence-corrected chi connectivity index (χ4v) is 3.05. The smallest absolute Gasteiger partial charge is 0.164 e. The average Bonchev–Trinajstić information content (AvgIpc) is 2.76. The van der Waals surface area contributed by atoms with Crippen LogP contribution in [-0.2, 0) is 6.42 Å². The highest BCUT2D eigenvalue weighted by atomic mass is 16.5. The first-order valence-electron chi connectivity index (χ1n) is 6.99. The number of ether oxygens (including phenoxy) is 1. The Morgan fingerprint density at radius 2 is 1.90 bits per heavy atom. The molecule has 2 aromatic rings. The van der Waals surface area contributed by atoms with Gasteiger partial charge in [0.25, 0.3) is 0 Å². The van der Waals surface area contributed by atoms with E-state index in [1.54, 1.807) is 7.11 Å². The molecule has 1 unspecified atom stereocenters. The van der Waals surface area contributed by atoms with Crippen LogP contribution in [-0.4, -0.2) is 17.5 Å². The minimum absolute atomic E-state index is 0.272. The summed E-state index contributed by atoms with van der Waals surface area (Å²) in [6.45, 7) is 4.20. The van der Waals surface area contributed by atoms with Crippen molar-refractivity contribution >= 4 is 5.78 Å². The molecule has 1 heterocycles. The molecule has 1 aliphatic carbocycles. The van der Waals surface area contributed by atoms with Gasteiger partial charge < -0.3 is 9.30 Å². The van der Waals surface area contributed by atoms with E-state index in [9.17, 15) is 4.79 Å². The number of benzene rings is 1. The number of hydrogen-bond acceptors (Lipinski definition) is 2. The number of methoxy groups -OCH3 is 1. The Kier molecular flexibility index (Phi) is 3.13. The molecule has 0 bridgehead atoms. The summed E-state index contributed by atoms with van der Waals surface area (Å²) in [4.78, 5) is 12.2. The minimum Gasteiger partial charge on any atom is -0.497 e. The molecule has 0 fully saturated rings. The van der Waals surface area contributed by atoms with Gasteiger partial charge in [-0.05, 0) is 49.6 Å². The Morgan fingerprint density at radius 3 is 2.55 bits per heavy atom. The summed E-state index contributed by atoms with van der Waals surface area (Å²) in [5.74, 6) is 1.53. The van der Waals surface area contributed by atoms with Crippen molar-refractivity contribution < 1.29 is 9.53 Å². The third-order valence-corrected chi connectivity index (χ3v) is 3.99. The standard InChI is InChI=1S/C17H19NO2/c1-11-8-16-15(17(19)9-11)10-12(2)18(16)13-4-6-14(20-3)7-5-13/h4-7,10-11H,8-9H2,1-3H3. The molecule has 3 heteroatoms. The summed E-state index contributed by atoms with van der Waals surface area (Å²) >= 11 is 0. The van der Waals surface area contributed by atoms with Crippen LogP contribution in [0.3, 0.4) is 0 Å². The van der Waals surface area contributed by atoms with E-state index < -0.39 is 0 Å². The molecule has 0 saturated heterocycles. The van der Waals surface area contributed by atoms with Crippen molar-refractivity contribution in [1.29, 1.82) is 0 Å². The van der Waals surface area contributed by atoms with Gasteiger partial charge in [-0.1, -0.05) is 6.92 Å². The van der Waals surface area contributed by atoms with E-state index in [1.165, 1.54) is 0 Å². The van der Waals surface area contributed by atoms with Crippen LogP contribution in [0.15, 0.2) is 30.3 Å². The van der Waals surface area contributed by atoms with Crippen molar-refractivity contribution in [2.24, 2.45) is 5.92 Å². The van der Waals surface area contributed by atoms with Crippen LogP contribution in [0.5, 0.6) is 5.75 Å². The molecule has 0 N–H and O–H groups in total. The molecule has 0 amide bonds. The van der Waals surface area contributed by atoms with E-state index in [0.29, 0.717) is 12.3 Å². The van der Waals surface area contributed by atoms with Crippen LogP contribution >= 0.6 is 0 Å². The lowest BCUT2D eigenvalue weighted by Crippen LogP contribution is -2.19. The molecule has 104 valence electrons. The van der Waals surface area contributed by atoms with E-state index in [0.717, 1.165) is 34.8 Å². The molecule has 3 rings (SSSR count). The Morgan fingerprint density at radius 1 is 1.20 bits per heavy atom. The second kappa shape index (κ2) is 4.82. The number of ketones is 1. The maximum absolute atomic E-state index is 12.2. The van der Waals surface area contributed by atoms with Crippen molar-refractivity contribution in [1.82, 2.24) is 4.57 Å². The van der Waals surface area contributed by atoms with Gasteiger partial charge in [0.2, 0.25) is 0 Å². The molecule has 0 radical (unpaired) electrons. The van der Waals surface area contributed by atoms with Gasteiger partial charge in [0, 0.05) is 29.1 Å². The predicted octanol–water partition coefficient (Wildman–Crippen LogP) is 3.56. The number of carbonyl (C=O) groups is 1. The normalized spacial score (nSPS) is 17.9. The SMILES string of the molecule is COc1ccc(-n2c(C)cc3c2CC(C)CC3=O)cc1. The van der Waals surface area contributed by atoms with Crippen molar-refractivity contribution in [2.45, 2.75) is 26.7 Å². The first kappa shape index (κ1) is 13.0. The Hall–Kier alpha value is -2.03. The van der Waals surface area contributed by atoms with E-state index in [2.05, 4.69) is 18.4 Å². The number of carbonyl (C=O) groups excluding carboxylic acids is 1. The van der Waals surface area contributed by atoms with Gasteiger partial charge in [0.15, 0.2) is 5.78 Å². The third kappa shape index (κ3) is 2.03. The topological polar surface area (TPSA) is 31.2 Å². The summed E-state index contributed by atoms with van der Waals surface area (Å²) in [6.07, 6.45) is 1.63. The highest BCUT2D eigenvalue weighted by Crippen LogP contribution is 2.31. The van der Waals surface area contributed by atoms with E-state index in [4.69, 9.17) is 4.74 Å². The largest absolute Gasteiger partial charge is 0.497 e. The molecule has 1 aromatic heterocycles. The fraction of sp³-hybridized carbons (Fsp3) is 0.353. The number of nitrogens with zero attached hydrogens (tertiary/aromatic N) is 1. The summed E-state index contributed by atoms with van der Waals surface area (Å²) in [5.41, 5.74) is 4.25. The van der Waals surface area contributed by atoms with Gasteiger partial charge in [-0.3, -0.25) is 4.79 Å². The van der Waals surface area contributed by atoms with Crippen molar-refractivity contribution in [2.75, 3.05) is 7.11 Å². The Bertz CT molecular complexity index is 652. The van der Waals surface area contributed by atoms with Gasteiger partial charge in [-0.2, -0.15) is 0 Å². The quantitative estimate of drug-likeness (QED) is 0.834. The lowest BCUT2D eigenvalue weighted by Gasteiger charge is -2.20. The molecule has 0 spiro atoms. The zero-order valence-electron chi connectivity index (χ0n) is 12.1. The summed E-state index contributed by atoms with van der Waals surface area (Å²) < 4.78 is 7.40. The van der Waals surface area contributed by atoms with Crippen LogP contribution in [0.1, 0.15) is 35.1 Å². The van der Waals surface area contributed by atoms with E-state index in [1.807, 2.05) is 30.3 Å². The molecular weight excluding hydrogens is 250 g/mol. The number of hydrogen-bond donors (Lipinski definition) is 0. The molecule has 1 aliphatic rings. The van der Waals surface area contributed by atoms with Gasteiger partial charge in [0.05, 0.1) is 7.11 Å². The van der Waals surface area contributed by atoms with Crippen LogP contribution in [0.4, 0.5) is 0 Å². The van der Waals surface area contributed by atoms with Gasteiger partial charge >= 0.3 is 0 Å². The molecule has 1 aromatic carbocycles. The molecular formula is C17H19NO2. The number of aryl methyl sites for hydroxylation is 1. The van der Waals surface area contributed by atoms with E-state index in [-0.39, 0.29) is 5.78 Å². The minimum atomic E-state index is 0.272. The second-order valence-corrected chi connectivity index (χ2v) is 5.62. The number of Topliss-reactive ketones (excluding diaryl/α,β-unsaturated/α-hetero) is 1. The van der Waals surface area contributed by atoms with Gasteiger partial charge in [-0.25, -0.2) is 0 Å². The van der Waals surface area contributed by atoms with Crippen molar-refractivity contribution in [3.63, 3.8) is 0 Å². The first-order valence-corrected chi connectivity index (χ1v) is 6.99. The number of rotatable bonds is 2. The number of aromatic nitrogens is 1. The van der Waals surface area contributed by atoms with Gasteiger partial charge in [-0.15, -0.1) is 0 Å². The van der Waals surface area contributed by atoms with Crippen molar-refractivity contribution in [3.05, 3.63) is 47.3 Å². The zero-order valence-corrected chi connectivity index (χ0v) is 12.1. The second-order valence-electron chi connectivity index (χ2n) is 5.62. The van der Waals surface area contributed by atoms with Crippen molar-refractivity contribution in [3.8, 4) is 11.4 Å². The highest BCUT2D eigenvalue weighted by molar-refractivity contribution is 5.98. The Balaban J connectivity index is 2.11. The lowest BCUT2D eigenvalue weighted by atomic mass is 9.88. The number of fused-ring (bicyclic) bond motifs is 1. The molecule has 20 heavy (non-hydrogen) atoms. The zero-order chi connectivity index (χ0) is 14.3. The molecule has 3 nitrogen and oxygen atoms in total.